The lowest BCUT2D eigenvalue weighted by Crippen LogP contribution is -2.28. The van der Waals surface area contributed by atoms with Gasteiger partial charge in [-0.05, 0) is 34.1 Å². The van der Waals surface area contributed by atoms with Gasteiger partial charge < -0.3 is 15.2 Å². The highest BCUT2D eigenvalue weighted by molar-refractivity contribution is 9.11. The van der Waals surface area contributed by atoms with Crippen molar-refractivity contribution in [3.63, 3.8) is 0 Å². The molecule has 0 fully saturated rings. The third kappa shape index (κ3) is 5.16. The summed E-state index contributed by atoms with van der Waals surface area (Å²) in [5, 5.41) is 11.0. The number of aliphatic carboxylic acids is 1. The molecule has 98 valence electrons. The number of nitrogens with one attached hydrogen (secondary N) is 1. The lowest BCUT2D eigenvalue weighted by molar-refractivity contribution is -0.142. The molecule has 0 aliphatic rings. The largest absolute Gasteiger partial charge is 0.480 e. The molecule has 1 aromatic rings. The van der Waals surface area contributed by atoms with Gasteiger partial charge in [-0.2, -0.15) is 0 Å². The van der Waals surface area contributed by atoms with Crippen molar-refractivity contribution in [1.82, 2.24) is 5.32 Å². The Morgan fingerprint density at radius 2 is 2.06 bits per heavy atom. The SMILES string of the molecule is O=C(O)COCCNC(=O)c1cc(Br)ccc1Br. The zero-order valence-corrected chi connectivity index (χ0v) is 12.5. The molecule has 7 heteroatoms. The van der Waals surface area contributed by atoms with E-state index in [0.717, 1.165) is 4.47 Å². The number of carboxylic acids is 1. The van der Waals surface area contributed by atoms with E-state index in [0.29, 0.717) is 10.0 Å². The topological polar surface area (TPSA) is 75.6 Å². The molecule has 0 unspecified atom stereocenters. The van der Waals surface area contributed by atoms with Crippen LogP contribution in [0.5, 0.6) is 0 Å². The predicted octanol–water partition coefficient (Wildman–Crippen LogP) is 2.04. The summed E-state index contributed by atoms with van der Waals surface area (Å²) >= 11 is 6.56. The van der Waals surface area contributed by atoms with Gasteiger partial charge in [-0.15, -0.1) is 0 Å². The molecule has 18 heavy (non-hydrogen) atoms. The molecular formula is C11H11Br2NO4. The fourth-order valence-corrected chi connectivity index (χ4v) is 1.95. The van der Waals surface area contributed by atoms with Gasteiger partial charge in [0.25, 0.3) is 5.91 Å². The molecule has 1 rings (SSSR count). The van der Waals surface area contributed by atoms with Crippen molar-refractivity contribution in [2.45, 2.75) is 0 Å². The quantitative estimate of drug-likeness (QED) is 0.740. The van der Waals surface area contributed by atoms with Crippen molar-refractivity contribution >= 4 is 43.7 Å². The van der Waals surface area contributed by atoms with Crippen molar-refractivity contribution < 1.29 is 19.4 Å². The zero-order chi connectivity index (χ0) is 13.5. The maximum Gasteiger partial charge on any atom is 0.329 e. The standard InChI is InChI=1S/C11H11Br2NO4/c12-7-1-2-9(13)8(5-7)11(17)14-3-4-18-6-10(15)16/h1-2,5H,3-4,6H2,(H,14,17)(H,15,16). The van der Waals surface area contributed by atoms with Crippen LogP contribution in [0.2, 0.25) is 0 Å². The highest BCUT2D eigenvalue weighted by atomic mass is 79.9. The number of hydrogen-bond acceptors (Lipinski definition) is 3. The second-order valence-corrected chi connectivity index (χ2v) is 5.10. The first-order valence-electron chi connectivity index (χ1n) is 5.03. The molecule has 0 atom stereocenters. The molecule has 0 aliphatic heterocycles. The fraction of sp³-hybridized carbons (Fsp3) is 0.273. The predicted molar refractivity (Wildman–Crippen MR) is 72.6 cm³/mol. The zero-order valence-electron chi connectivity index (χ0n) is 9.28. The van der Waals surface area contributed by atoms with Gasteiger partial charge in [-0.3, -0.25) is 4.79 Å². The summed E-state index contributed by atoms with van der Waals surface area (Å²) in [7, 11) is 0. The molecule has 0 heterocycles. The van der Waals surface area contributed by atoms with Crippen LogP contribution in [-0.4, -0.2) is 36.7 Å². The van der Waals surface area contributed by atoms with Crippen LogP contribution < -0.4 is 5.32 Å². The Labute approximate surface area is 121 Å². The number of carboxylic acid groups (broad SMARTS) is 1. The van der Waals surface area contributed by atoms with Crippen molar-refractivity contribution in [2.24, 2.45) is 0 Å². The molecular weight excluding hydrogens is 370 g/mol. The highest BCUT2D eigenvalue weighted by Gasteiger charge is 2.09. The Bertz CT molecular complexity index is 451. The van der Waals surface area contributed by atoms with Crippen LogP contribution in [-0.2, 0) is 9.53 Å². The van der Waals surface area contributed by atoms with Crippen LogP contribution in [0, 0.1) is 0 Å². The first-order chi connectivity index (χ1) is 8.50. The molecule has 0 bridgehead atoms. The molecule has 2 N–H and O–H groups in total. The van der Waals surface area contributed by atoms with Gasteiger partial charge >= 0.3 is 5.97 Å². The normalized spacial score (nSPS) is 10.1. The van der Waals surface area contributed by atoms with Gasteiger partial charge in [0, 0.05) is 15.5 Å². The van der Waals surface area contributed by atoms with Gasteiger partial charge in [0.15, 0.2) is 0 Å². The fourth-order valence-electron chi connectivity index (χ4n) is 1.16. The summed E-state index contributed by atoms with van der Waals surface area (Å²) in [6, 6.07) is 5.27. The van der Waals surface area contributed by atoms with E-state index < -0.39 is 5.97 Å². The number of benzene rings is 1. The van der Waals surface area contributed by atoms with Crippen molar-refractivity contribution in [3.05, 3.63) is 32.7 Å². The molecule has 0 saturated heterocycles. The molecule has 5 nitrogen and oxygen atoms in total. The molecule has 0 spiro atoms. The van der Waals surface area contributed by atoms with Crippen LogP contribution >= 0.6 is 31.9 Å². The Morgan fingerprint density at radius 3 is 2.72 bits per heavy atom. The monoisotopic (exact) mass is 379 g/mol. The summed E-state index contributed by atoms with van der Waals surface area (Å²) < 4.78 is 6.29. The number of hydrogen-bond donors (Lipinski definition) is 2. The lowest BCUT2D eigenvalue weighted by atomic mass is 10.2. The highest BCUT2D eigenvalue weighted by Crippen LogP contribution is 2.21. The second-order valence-electron chi connectivity index (χ2n) is 3.33. The Hall–Kier alpha value is -0.920. The maximum atomic E-state index is 11.8. The molecule has 0 aliphatic carbocycles. The molecule has 1 amide bonds. The van der Waals surface area contributed by atoms with E-state index in [1.54, 1.807) is 12.1 Å². The Kier molecular flexibility index (Phi) is 6.31. The minimum absolute atomic E-state index is 0.156. The van der Waals surface area contributed by atoms with Gasteiger partial charge in [0.05, 0.1) is 12.2 Å². The van der Waals surface area contributed by atoms with Gasteiger partial charge in [0.2, 0.25) is 0 Å². The summed E-state index contributed by atoms with van der Waals surface area (Å²) in [5.41, 5.74) is 0.502. The van der Waals surface area contributed by atoms with Crippen LogP contribution in [0.15, 0.2) is 27.1 Å². The number of carbonyl (C=O) groups is 2. The van der Waals surface area contributed by atoms with Gasteiger partial charge in [-0.1, -0.05) is 15.9 Å². The van der Waals surface area contributed by atoms with Crippen molar-refractivity contribution in [2.75, 3.05) is 19.8 Å². The van der Waals surface area contributed by atoms with Crippen LogP contribution in [0.4, 0.5) is 0 Å². The molecule has 0 saturated carbocycles. The van der Waals surface area contributed by atoms with Gasteiger partial charge in [0.1, 0.15) is 6.61 Å². The number of ether oxygens (including phenoxy) is 1. The lowest BCUT2D eigenvalue weighted by Gasteiger charge is -2.07. The third-order valence-corrected chi connectivity index (χ3v) is 3.12. The van der Waals surface area contributed by atoms with Crippen LogP contribution in [0.3, 0.4) is 0 Å². The van der Waals surface area contributed by atoms with E-state index >= 15 is 0 Å². The van der Waals surface area contributed by atoms with E-state index in [-0.39, 0.29) is 25.7 Å². The molecule has 0 aromatic heterocycles. The summed E-state index contributed by atoms with van der Waals surface area (Å²) in [4.78, 5) is 22.0. The smallest absolute Gasteiger partial charge is 0.329 e. The van der Waals surface area contributed by atoms with Gasteiger partial charge in [-0.25, -0.2) is 4.79 Å². The first-order valence-corrected chi connectivity index (χ1v) is 6.62. The summed E-state index contributed by atoms with van der Waals surface area (Å²) in [6.45, 7) is 0.0468. The van der Waals surface area contributed by atoms with Crippen LogP contribution in [0.1, 0.15) is 10.4 Å². The van der Waals surface area contributed by atoms with E-state index in [4.69, 9.17) is 9.84 Å². The van der Waals surface area contributed by atoms with E-state index in [1.165, 1.54) is 0 Å². The third-order valence-electron chi connectivity index (χ3n) is 1.93. The number of carbonyl (C=O) groups excluding carboxylic acids is 1. The Morgan fingerprint density at radius 1 is 1.33 bits per heavy atom. The molecule has 1 aromatic carbocycles. The summed E-state index contributed by atoms with van der Waals surface area (Å²) in [6.07, 6.45) is 0. The minimum Gasteiger partial charge on any atom is -0.480 e. The minimum atomic E-state index is -1.03. The van der Waals surface area contributed by atoms with Crippen LogP contribution in [0.25, 0.3) is 0 Å². The number of amides is 1. The van der Waals surface area contributed by atoms with Crippen molar-refractivity contribution in [1.29, 1.82) is 0 Å². The Balaban J connectivity index is 2.41. The van der Waals surface area contributed by atoms with Crippen molar-refractivity contribution in [3.8, 4) is 0 Å². The first kappa shape index (κ1) is 15.1. The second kappa shape index (κ2) is 7.50. The van der Waals surface area contributed by atoms with E-state index in [9.17, 15) is 9.59 Å². The van der Waals surface area contributed by atoms with E-state index in [2.05, 4.69) is 37.2 Å². The number of rotatable bonds is 6. The maximum absolute atomic E-state index is 11.8. The average Bonchev–Trinajstić information content (AvgIpc) is 2.31. The van der Waals surface area contributed by atoms with E-state index in [1.807, 2.05) is 6.07 Å². The average molecular weight is 381 g/mol. The summed E-state index contributed by atoms with van der Waals surface area (Å²) in [5.74, 6) is -1.28. The number of halogens is 2. The molecule has 0 radical (unpaired) electrons.